The molecular formula is C24H33N7O6S. The van der Waals surface area contributed by atoms with Gasteiger partial charge in [0.25, 0.3) is 0 Å². The van der Waals surface area contributed by atoms with Crippen LogP contribution < -0.4 is 27.4 Å². The largest absolute Gasteiger partial charge is 0.480 e. The van der Waals surface area contributed by atoms with Crippen LogP contribution in [0.2, 0.25) is 0 Å². The van der Waals surface area contributed by atoms with E-state index in [0.29, 0.717) is 11.4 Å². The number of nitrogens with zero attached hydrogens (tertiary/aromatic N) is 1. The van der Waals surface area contributed by atoms with Gasteiger partial charge in [-0.05, 0) is 24.0 Å². The number of hydrogen-bond donors (Lipinski definition) is 7. The van der Waals surface area contributed by atoms with Crippen LogP contribution in [0.25, 0.3) is 0 Å². The highest BCUT2D eigenvalue weighted by Crippen LogP contribution is 2.08. The number of amides is 4. The van der Waals surface area contributed by atoms with Gasteiger partial charge in [0.2, 0.25) is 23.6 Å². The lowest BCUT2D eigenvalue weighted by atomic mass is 10.0. The molecule has 14 heteroatoms. The van der Waals surface area contributed by atoms with Gasteiger partial charge in [0.05, 0.1) is 18.8 Å². The molecule has 4 atom stereocenters. The molecule has 9 N–H and O–H groups in total. The summed E-state index contributed by atoms with van der Waals surface area (Å²) in [6.45, 7) is 0. The summed E-state index contributed by atoms with van der Waals surface area (Å²) in [5, 5.41) is 17.2. The summed E-state index contributed by atoms with van der Waals surface area (Å²) < 4.78 is 0. The minimum Gasteiger partial charge on any atom is -0.480 e. The second-order valence-electron chi connectivity index (χ2n) is 8.55. The van der Waals surface area contributed by atoms with E-state index in [1.54, 1.807) is 30.3 Å². The Morgan fingerprint density at radius 3 is 2.13 bits per heavy atom. The van der Waals surface area contributed by atoms with Crippen LogP contribution in [-0.2, 0) is 36.8 Å². The Hall–Kier alpha value is -3.91. The number of benzene rings is 1. The van der Waals surface area contributed by atoms with E-state index in [-0.39, 0.29) is 19.3 Å². The van der Waals surface area contributed by atoms with Gasteiger partial charge in [0, 0.05) is 24.7 Å². The third kappa shape index (κ3) is 10.2. The number of hydrogen-bond acceptors (Lipinski definition) is 8. The van der Waals surface area contributed by atoms with Gasteiger partial charge >= 0.3 is 5.97 Å². The Labute approximate surface area is 223 Å². The molecule has 38 heavy (non-hydrogen) atoms. The normalized spacial score (nSPS) is 13.9. The van der Waals surface area contributed by atoms with E-state index in [0.717, 1.165) is 5.56 Å². The van der Waals surface area contributed by atoms with Crippen LogP contribution in [0.1, 0.15) is 24.1 Å². The van der Waals surface area contributed by atoms with Crippen molar-refractivity contribution in [3.05, 3.63) is 54.1 Å². The molecule has 2 rings (SSSR count). The number of imidazole rings is 1. The summed E-state index contributed by atoms with van der Waals surface area (Å²) in [5.74, 6) is -3.65. The van der Waals surface area contributed by atoms with Crippen LogP contribution in [0.15, 0.2) is 42.9 Å². The third-order valence-corrected chi connectivity index (χ3v) is 6.15. The number of primary amides is 1. The number of nitrogens with one attached hydrogen (secondary N) is 4. The number of rotatable bonds is 16. The van der Waals surface area contributed by atoms with Crippen molar-refractivity contribution >= 4 is 41.4 Å². The maximum atomic E-state index is 13.4. The van der Waals surface area contributed by atoms with Crippen molar-refractivity contribution in [3.8, 4) is 0 Å². The molecule has 0 aliphatic heterocycles. The van der Waals surface area contributed by atoms with Crippen LogP contribution >= 0.6 is 11.8 Å². The Bertz CT molecular complexity index is 1080. The van der Waals surface area contributed by atoms with Crippen molar-refractivity contribution in [1.29, 1.82) is 0 Å². The van der Waals surface area contributed by atoms with E-state index in [4.69, 9.17) is 11.5 Å². The van der Waals surface area contributed by atoms with Crippen molar-refractivity contribution in [2.24, 2.45) is 11.5 Å². The Morgan fingerprint density at radius 2 is 1.58 bits per heavy atom. The van der Waals surface area contributed by atoms with Crippen molar-refractivity contribution < 1.29 is 29.1 Å². The first-order chi connectivity index (χ1) is 18.1. The van der Waals surface area contributed by atoms with Crippen molar-refractivity contribution in [2.45, 2.75) is 49.9 Å². The fourth-order valence-corrected chi connectivity index (χ4v) is 3.98. The molecule has 0 aliphatic rings. The first-order valence-electron chi connectivity index (χ1n) is 11.8. The zero-order valence-corrected chi connectivity index (χ0v) is 21.7. The molecule has 2 aromatic rings. The average Bonchev–Trinajstić information content (AvgIpc) is 3.38. The minimum atomic E-state index is -1.28. The second kappa shape index (κ2) is 15.4. The van der Waals surface area contributed by atoms with Crippen LogP contribution in [0.4, 0.5) is 0 Å². The van der Waals surface area contributed by atoms with E-state index < -0.39 is 60.2 Å². The zero-order valence-electron chi connectivity index (χ0n) is 20.9. The number of aromatic nitrogens is 2. The molecule has 0 saturated heterocycles. The lowest BCUT2D eigenvalue weighted by molar-refractivity contribution is -0.142. The number of nitrogens with two attached hydrogens (primary N) is 2. The van der Waals surface area contributed by atoms with Gasteiger partial charge in [-0.25, -0.2) is 9.78 Å². The lowest BCUT2D eigenvalue weighted by Gasteiger charge is -2.25. The number of carboxylic acid groups (broad SMARTS) is 1. The smallest absolute Gasteiger partial charge is 0.326 e. The molecule has 1 aromatic carbocycles. The molecule has 0 aliphatic carbocycles. The molecule has 0 fully saturated rings. The first-order valence-corrected chi connectivity index (χ1v) is 13.2. The maximum Gasteiger partial charge on any atom is 0.326 e. The standard InChI is InChI=1S/C24H33N7O6S/c1-38-8-7-17(24(36)37)29-22(34)18(9-14-5-3-2-4-6-14)31-23(35)19(10-15-12-27-13-28-15)30-21(33)16(25)11-20(26)32/h2-6,12-13,16-19H,7-11,25H2,1H3,(H2,26,32)(H,27,28)(H,29,34)(H,30,33)(H,31,35)(H,36,37). The summed E-state index contributed by atoms with van der Waals surface area (Å²) in [6.07, 6.45) is 4.51. The van der Waals surface area contributed by atoms with Crippen LogP contribution in [-0.4, -0.2) is 80.8 Å². The highest BCUT2D eigenvalue weighted by atomic mass is 32.2. The van der Waals surface area contributed by atoms with E-state index in [2.05, 4.69) is 25.9 Å². The van der Waals surface area contributed by atoms with Crippen LogP contribution in [0, 0.1) is 0 Å². The third-order valence-electron chi connectivity index (χ3n) is 5.51. The minimum absolute atomic E-state index is 0.0218. The van der Waals surface area contributed by atoms with Gasteiger partial charge < -0.3 is 37.5 Å². The molecule has 4 amide bonds. The lowest BCUT2D eigenvalue weighted by Crippen LogP contribution is -2.58. The van der Waals surface area contributed by atoms with Gasteiger partial charge in [0.15, 0.2) is 0 Å². The van der Waals surface area contributed by atoms with E-state index >= 15 is 0 Å². The van der Waals surface area contributed by atoms with Gasteiger partial charge in [-0.1, -0.05) is 30.3 Å². The van der Waals surface area contributed by atoms with Gasteiger partial charge in [0.1, 0.15) is 18.1 Å². The van der Waals surface area contributed by atoms with Crippen LogP contribution in [0.5, 0.6) is 0 Å². The Morgan fingerprint density at radius 1 is 0.974 bits per heavy atom. The quantitative estimate of drug-likeness (QED) is 0.132. The topological polar surface area (TPSA) is 222 Å². The molecule has 0 spiro atoms. The molecule has 206 valence electrons. The Balaban J connectivity index is 2.26. The highest BCUT2D eigenvalue weighted by Gasteiger charge is 2.31. The molecule has 13 nitrogen and oxygen atoms in total. The fourth-order valence-electron chi connectivity index (χ4n) is 3.51. The molecule has 4 unspecified atom stereocenters. The molecule has 1 aromatic heterocycles. The highest BCUT2D eigenvalue weighted by molar-refractivity contribution is 7.98. The molecule has 0 saturated carbocycles. The summed E-state index contributed by atoms with van der Waals surface area (Å²) in [4.78, 5) is 68.7. The first kappa shape index (κ1) is 30.3. The van der Waals surface area contributed by atoms with E-state index in [1.807, 2.05) is 6.26 Å². The zero-order chi connectivity index (χ0) is 28.1. The second-order valence-corrected chi connectivity index (χ2v) is 9.54. The number of H-pyrrole nitrogens is 1. The van der Waals surface area contributed by atoms with E-state index in [9.17, 15) is 29.1 Å². The molecular weight excluding hydrogens is 514 g/mol. The fraction of sp³-hybridized carbons (Fsp3) is 0.417. The van der Waals surface area contributed by atoms with Crippen LogP contribution in [0.3, 0.4) is 0 Å². The van der Waals surface area contributed by atoms with E-state index in [1.165, 1.54) is 24.3 Å². The predicted molar refractivity (Wildman–Crippen MR) is 141 cm³/mol. The number of aromatic amines is 1. The van der Waals surface area contributed by atoms with Crippen molar-refractivity contribution in [3.63, 3.8) is 0 Å². The predicted octanol–water partition coefficient (Wildman–Crippen LogP) is -1.31. The molecule has 0 bridgehead atoms. The number of carbonyl (C=O) groups is 5. The summed E-state index contributed by atoms with van der Waals surface area (Å²) in [7, 11) is 0. The van der Waals surface area contributed by atoms with Gasteiger partial charge in [-0.3, -0.25) is 19.2 Å². The summed E-state index contributed by atoms with van der Waals surface area (Å²) in [6, 6.07) is 4.10. The summed E-state index contributed by atoms with van der Waals surface area (Å²) >= 11 is 1.44. The number of carboxylic acids is 1. The monoisotopic (exact) mass is 547 g/mol. The van der Waals surface area contributed by atoms with Crippen molar-refractivity contribution in [2.75, 3.05) is 12.0 Å². The molecule has 0 radical (unpaired) electrons. The number of thioether (sulfide) groups is 1. The van der Waals surface area contributed by atoms with Crippen molar-refractivity contribution in [1.82, 2.24) is 25.9 Å². The maximum absolute atomic E-state index is 13.4. The SMILES string of the molecule is CSCCC(NC(=O)C(Cc1ccccc1)NC(=O)C(Cc1cnc[nH]1)NC(=O)C(N)CC(N)=O)C(=O)O. The Kier molecular flexibility index (Phi) is 12.3. The summed E-state index contributed by atoms with van der Waals surface area (Å²) in [5.41, 5.74) is 12.1. The van der Waals surface area contributed by atoms with Gasteiger partial charge in [-0.2, -0.15) is 11.8 Å². The average molecular weight is 548 g/mol. The number of aliphatic carboxylic acids is 1. The molecule has 1 heterocycles. The van der Waals surface area contributed by atoms with Gasteiger partial charge in [-0.15, -0.1) is 0 Å². The number of carbonyl (C=O) groups excluding carboxylic acids is 4.